The molecule has 0 fully saturated rings. The Balaban J connectivity index is 1.95. The van der Waals surface area contributed by atoms with Crippen molar-refractivity contribution in [3.63, 3.8) is 0 Å². The summed E-state index contributed by atoms with van der Waals surface area (Å²) in [6, 6.07) is 8.77. The van der Waals surface area contributed by atoms with Crippen molar-refractivity contribution in [1.82, 2.24) is 15.0 Å². The Hall–Kier alpha value is -3.13. The van der Waals surface area contributed by atoms with E-state index in [2.05, 4.69) is 25.6 Å². The molecule has 0 atom stereocenters. The molecule has 3 N–H and O–H groups in total. The molecule has 0 spiro atoms. The summed E-state index contributed by atoms with van der Waals surface area (Å²) in [6.07, 6.45) is 3.30. The lowest BCUT2D eigenvalue weighted by atomic mass is 10.2. The molecule has 3 aromatic rings. The Labute approximate surface area is 142 Å². The van der Waals surface area contributed by atoms with Crippen LogP contribution in [0.3, 0.4) is 0 Å². The van der Waals surface area contributed by atoms with Crippen LogP contribution in [0.2, 0.25) is 0 Å². The van der Waals surface area contributed by atoms with E-state index in [9.17, 15) is 8.78 Å². The van der Waals surface area contributed by atoms with Crippen molar-refractivity contribution in [3.05, 3.63) is 60.4 Å². The first kappa shape index (κ1) is 16.7. The maximum Gasteiger partial charge on any atom is 0.225 e. The second-order valence-electron chi connectivity index (χ2n) is 5.11. The summed E-state index contributed by atoms with van der Waals surface area (Å²) in [6.45, 7) is 0.202. The molecule has 2 aromatic heterocycles. The highest BCUT2D eigenvalue weighted by molar-refractivity contribution is 5.66. The van der Waals surface area contributed by atoms with Gasteiger partial charge in [0.1, 0.15) is 5.82 Å². The molecule has 0 bridgehead atoms. The van der Waals surface area contributed by atoms with E-state index in [0.29, 0.717) is 23.1 Å². The molecule has 8 heteroatoms. The highest BCUT2D eigenvalue weighted by Crippen LogP contribution is 2.23. The molecular weight excluding hydrogens is 328 g/mol. The number of benzene rings is 1. The molecule has 0 aliphatic rings. The summed E-state index contributed by atoms with van der Waals surface area (Å²) in [5.74, 6) is -1.19. The van der Waals surface area contributed by atoms with Crippen molar-refractivity contribution >= 4 is 17.5 Å². The molecule has 128 valence electrons. The summed E-state index contributed by atoms with van der Waals surface area (Å²) in [7, 11) is 0. The normalized spacial score (nSPS) is 10.5. The van der Waals surface area contributed by atoms with E-state index in [1.807, 2.05) is 6.07 Å². The number of aromatic nitrogens is 3. The van der Waals surface area contributed by atoms with Gasteiger partial charge in [0.15, 0.2) is 11.6 Å². The van der Waals surface area contributed by atoms with E-state index < -0.39 is 11.6 Å². The second kappa shape index (κ2) is 7.63. The molecular formula is C17H15F2N5O. The molecule has 0 radical (unpaired) electrons. The van der Waals surface area contributed by atoms with Gasteiger partial charge in [0, 0.05) is 42.3 Å². The van der Waals surface area contributed by atoms with E-state index in [4.69, 9.17) is 5.11 Å². The first-order chi connectivity index (χ1) is 12.2. The lowest BCUT2D eigenvalue weighted by Crippen LogP contribution is -2.10. The van der Waals surface area contributed by atoms with Crippen molar-refractivity contribution in [2.24, 2.45) is 0 Å². The quantitative estimate of drug-likeness (QED) is 0.638. The van der Waals surface area contributed by atoms with Gasteiger partial charge in [0.2, 0.25) is 5.95 Å². The first-order valence-corrected chi connectivity index (χ1v) is 7.52. The number of hydrogen-bond donors (Lipinski definition) is 3. The van der Waals surface area contributed by atoms with Crippen molar-refractivity contribution in [3.8, 4) is 11.3 Å². The minimum atomic E-state index is -0.954. The van der Waals surface area contributed by atoms with E-state index in [-0.39, 0.29) is 13.2 Å². The molecule has 0 saturated carbocycles. The topological polar surface area (TPSA) is 83.0 Å². The number of anilines is 3. The summed E-state index contributed by atoms with van der Waals surface area (Å²) < 4.78 is 26.4. The van der Waals surface area contributed by atoms with E-state index in [1.54, 1.807) is 24.5 Å². The molecule has 0 aliphatic carbocycles. The zero-order valence-electron chi connectivity index (χ0n) is 13.1. The van der Waals surface area contributed by atoms with Crippen molar-refractivity contribution < 1.29 is 13.9 Å². The molecule has 3 rings (SSSR count). The van der Waals surface area contributed by atoms with Crippen LogP contribution >= 0.6 is 0 Å². The molecule has 6 nitrogen and oxygen atoms in total. The van der Waals surface area contributed by atoms with Gasteiger partial charge in [-0.25, -0.2) is 13.8 Å². The molecule has 0 amide bonds. The minimum Gasteiger partial charge on any atom is -0.395 e. The first-order valence-electron chi connectivity index (χ1n) is 7.52. The number of hydrogen-bond acceptors (Lipinski definition) is 6. The predicted octanol–water partition coefficient (Wildman–Crippen LogP) is 2.96. The number of aliphatic hydroxyl groups excluding tert-OH is 1. The zero-order chi connectivity index (χ0) is 17.6. The monoisotopic (exact) mass is 343 g/mol. The lowest BCUT2D eigenvalue weighted by Gasteiger charge is -2.11. The number of pyridine rings is 1. The van der Waals surface area contributed by atoms with E-state index in [1.165, 1.54) is 6.07 Å². The van der Waals surface area contributed by atoms with Crippen molar-refractivity contribution in [2.75, 3.05) is 23.8 Å². The molecule has 2 heterocycles. The second-order valence-corrected chi connectivity index (χ2v) is 5.11. The average molecular weight is 343 g/mol. The maximum absolute atomic E-state index is 13.4. The zero-order valence-corrected chi connectivity index (χ0v) is 13.1. The predicted molar refractivity (Wildman–Crippen MR) is 90.5 cm³/mol. The van der Waals surface area contributed by atoms with Crippen LogP contribution in [0.4, 0.5) is 26.2 Å². The number of halogens is 2. The van der Waals surface area contributed by atoms with Gasteiger partial charge in [-0.15, -0.1) is 0 Å². The van der Waals surface area contributed by atoms with Crippen LogP contribution in [-0.2, 0) is 0 Å². The minimum absolute atomic E-state index is 0.0770. The fourth-order valence-electron chi connectivity index (χ4n) is 2.14. The highest BCUT2D eigenvalue weighted by Gasteiger charge is 2.09. The number of aliphatic hydroxyl groups is 1. The third kappa shape index (κ3) is 4.24. The number of nitrogens with one attached hydrogen (secondary N) is 2. The van der Waals surface area contributed by atoms with Crippen LogP contribution in [0.15, 0.2) is 48.8 Å². The van der Waals surface area contributed by atoms with Crippen LogP contribution in [0.1, 0.15) is 0 Å². The summed E-state index contributed by atoms with van der Waals surface area (Å²) in [5.41, 5.74) is 1.71. The number of rotatable bonds is 6. The molecule has 1 aromatic carbocycles. The van der Waals surface area contributed by atoms with Gasteiger partial charge in [0.05, 0.1) is 12.3 Å². The third-order valence-electron chi connectivity index (χ3n) is 3.27. The maximum atomic E-state index is 13.4. The molecule has 0 saturated heterocycles. The fraction of sp³-hybridized carbons (Fsp3) is 0.118. The van der Waals surface area contributed by atoms with Gasteiger partial charge in [0.25, 0.3) is 0 Å². The van der Waals surface area contributed by atoms with Crippen LogP contribution in [0.5, 0.6) is 0 Å². The van der Waals surface area contributed by atoms with Crippen molar-refractivity contribution in [2.45, 2.75) is 0 Å². The third-order valence-corrected chi connectivity index (χ3v) is 3.27. The van der Waals surface area contributed by atoms with Gasteiger partial charge in [-0.3, -0.25) is 4.98 Å². The Morgan fingerprint density at radius 3 is 2.64 bits per heavy atom. The lowest BCUT2D eigenvalue weighted by molar-refractivity contribution is 0.311. The van der Waals surface area contributed by atoms with E-state index in [0.717, 1.165) is 17.7 Å². The average Bonchev–Trinajstić information content (AvgIpc) is 2.63. The molecule has 0 unspecified atom stereocenters. The fourth-order valence-corrected chi connectivity index (χ4v) is 2.14. The standard InChI is InChI=1S/C17H15F2N5O/c18-13-4-3-12(8-14(13)19)22-16-9-15(11-2-1-5-20-10-11)23-17(24-16)21-6-7-25/h1-5,8-10,25H,6-7H2,(H2,21,22,23,24). The summed E-state index contributed by atoms with van der Waals surface area (Å²) in [5, 5.41) is 14.8. The largest absolute Gasteiger partial charge is 0.395 e. The van der Waals surface area contributed by atoms with Gasteiger partial charge in [-0.05, 0) is 24.3 Å². The smallest absolute Gasteiger partial charge is 0.225 e. The van der Waals surface area contributed by atoms with Gasteiger partial charge < -0.3 is 15.7 Å². The van der Waals surface area contributed by atoms with Crippen LogP contribution in [0.25, 0.3) is 11.3 Å². The van der Waals surface area contributed by atoms with Crippen LogP contribution in [0, 0.1) is 11.6 Å². The summed E-state index contributed by atoms with van der Waals surface area (Å²) in [4.78, 5) is 12.7. The molecule has 0 aliphatic heterocycles. The van der Waals surface area contributed by atoms with Gasteiger partial charge in [-0.2, -0.15) is 4.98 Å². The van der Waals surface area contributed by atoms with Crippen LogP contribution < -0.4 is 10.6 Å². The number of nitrogens with zero attached hydrogens (tertiary/aromatic N) is 3. The van der Waals surface area contributed by atoms with Crippen molar-refractivity contribution in [1.29, 1.82) is 0 Å². The van der Waals surface area contributed by atoms with Gasteiger partial charge >= 0.3 is 0 Å². The Morgan fingerprint density at radius 1 is 1.04 bits per heavy atom. The molecule has 25 heavy (non-hydrogen) atoms. The van der Waals surface area contributed by atoms with E-state index >= 15 is 0 Å². The van der Waals surface area contributed by atoms with Gasteiger partial charge in [-0.1, -0.05) is 0 Å². The Bertz CT molecular complexity index is 861. The summed E-state index contributed by atoms with van der Waals surface area (Å²) >= 11 is 0. The Kier molecular flexibility index (Phi) is 5.10. The van der Waals surface area contributed by atoms with Crippen LogP contribution in [-0.4, -0.2) is 33.2 Å². The SMILES string of the molecule is OCCNc1nc(Nc2ccc(F)c(F)c2)cc(-c2cccnc2)n1. The highest BCUT2D eigenvalue weighted by atomic mass is 19.2. The Morgan fingerprint density at radius 2 is 1.92 bits per heavy atom.